The van der Waals surface area contributed by atoms with Crippen LogP contribution in [0.3, 0.4) is 0 Å². The molecule has 2 rings (SSSR count). The van der Waals surface area contributed by atoms with Gasteiger partial charge >= 0.3 is 5.97 Å². The summed E-state index contributed by atoms with van der Waals surface area (Å²) in [7, 11) is 0. The lowest BCUT2D eigenvalue weighted by Gasteiger charge is -2.20. The summed E-state index contributed by atoms with van der Waals surface area (Å²) in [6, 6.07) is 19.0. The molecule has 3 heteroatoms. The third kappa shape index (κ3) is 3.80. The van der Waals surface area contributed by atoms with E-state index in [2.05, 4.69) is 6.58 Å². The zero-order valence-electron chi connectivity index (χ0n) is 11.9. The van der Waals surface area contributed by atoms with Crippen LogP contribution in [0.5, 0.6) is 0 Å². The molecule has 0 aromatic heterocycles. The monoisotopic (exact) mass is 282 g/mol. The summed E-state index contributed by atoms with van der Waals surface area (Å²) >= 11 is 0. The van der Waals surface area contributed by atoms with Crippen LogP contribution in [0.4, 0.5) is 0 Å². The summed E-state index contributed by atoms with van der Waals surface area (Å²) in [5, 5.41) is 9.44. The van der Waals surface area contributed by atoms with Gasteiger partial charge in [0, 0.05) is 0 Å². The molecule has 3 nitrogen and oxygen atoms in total. The van der Waals surface area contributed by atoms with Crippen LogP contribution < -0.4 is 0 Å². The molecule has 0 amide bonds. The van der Waals surface area contributed by atoms with Crippen LogP contribution in [0.1, 0.15) is 24.2 Å². The van der Waals surface area contributed by atoms with Gasteiger partial charge in [0.15, 0.2) is 6.10 Å². The largest absolute Gasteiger partial charge is 0.449 e. The average molecular weight is 282 g/mol. The van der Waals surface area contributed by atoms with E-state index in [1.54, 1.807) is 0 Å². The fraction of sp³-hybridized carbons (Fsp3) is 0.167. The first-order chi connectivity index (χ1) is 10.1. The van der Waals surface area contributed by atoms with Crippen molar-refractivity contribution < 1.29 is 14.6 Å². The van der Waals surface area contributed by atoms with Gasteiger partial charge in [0.05, 0.1) is 11.7 Å². The highest BCUT2D eigenvalue weighted by Gasteiger charge is 2.22. The van der Waals surface area contributed by atoms with E-state index in [0.29, 0.717) is 0 Å². The lowest BCUT2D eigenvalue weighted by atomic mass is 10.0. The molecule has 0 saturated heterocycles. The van der Waals surface area contributed by atoms with Gasteiger partial charge in [0.25, 0.3) is 0 Å². The zero-order valence-corrected chi connectivity index (χ0v) is 11.9. The minimum absolute atomic E-state index is 0.0480. The second-order valence-electron chi connectivity index (χ2n) is 4.81. The number of benzene rings is 2. The van der Waals surface area contributed by atoms with Crippen LogP contribution in [0.25, 0.3) is 0 Å². The third-order valence-corrected chi connectivity index (χ3v) is 3.20. The molecule has 0 aliphatic carbocycles. The molecule has 2 aromatic carbocycles. The van der Waals surface area contributed by atoms with E-state index in [0.717, 1.165) is 11.1 Å². The van der Waals surface area contributed by atoms with Gasteiger partial charge in [0.1, 0.15) is 0 Å². The van der Waals surface area contributed by atoms with Crippen molar-refractivity contribution in [1.82, 2.24) is 0 Å². The lowest BCUT2D eigenvalue weighted by molar-refractivity contribution is -0.143. The molecule has 21 heavy (non-hydrogen) atoms. The maximum absolute atomic E-state index is 12.1. The molecule has 1 N–H and O–H groups in total. The second-order valence-corrected chi connectivity index (χ2v) is 4.81. The fourth-order valence-corrected chi connectivity index (χ4v) is 1.94. The molecule has 0 heterocycles. The molecule has 0 aliphatic rings. The molecule has 0 aliphatic heterocycles. The predicted octanol–water partition coefficient (Wildman–Crippen LogP) is 3.26. The van der Waals surface area contributed by atoms with Crippen molar-refractivity contribution in [3.63, 3.8) is 0 Å². The van der Waals surface area contributed by atoms with E-state index < -0.39 is 18.2 Å². The van der Waals surface area contributed by atoms with E-state index in [9.17, 15) is 9.90 Å². The van der Waals surface area contributed by atoms with Crippen LogP contribution in [-0.2, 0) is 9.53 Å². The van der Waals surface area contributed by atoms with Crippen molar-refractivity contribution >= 4 is 5.97 Å². The Labute approximate surface area is 124 Å². The van der Waals surface area contributed by atoms with Gasteiger partial charge in [-0.05, 0) is 18.1 Å². The Kier molecular flexibility index (Phi) is 4.90. The zero-order chi connectivity index (χ0) is 15.2. The van der Waals surface area contributed by atoms with Gasteiger partial charge in [0.2, 0.25) is 0 Å². The minimum atomic E-state index is -0.926. The van der Waals surface area contributed by atoms with Gasteiger partial charge in [-0.15, -0.1) is 0 Å². The van der Waals surface area contributed by atoms with Gasteiger partial charge in [-0.1, -0.05) is 67.2 Å². The Balaban J connectivity index is 2.30. The van der Waals surface area contributed by atoms with E-state index in [-0.39, 0.29) is 5.57 Å². The summed E-state index contributed by atoms with van der Waals surface area (Å²) in [5.74, 6) is -0.595. The Morgan fingerprint density at radius 2 is 1.43 bits per heavy atom. The smallest absolute Gasteiger partial charge is 0.336 e. The minimum Gasteiger partial charge on any atom is -0.449 e. The normalized spacial score (nSPS) is 12.0. The Morgan fingerprint density at radius 3 is 1.81 bits per heavy atom. The molecule has 0 unspecified atom stereocenters. The maximum atomic E-state index is 12.1. The van der Waals surface area contributed by atoms with Crippen molar-refractivity contribution in [3.05, 3.63) is 83.9 Å². The Hall–Kier alpha value is -2.39. The number of carbonyl (C=O) groups is 1. The van der Waals surface area contributed by atoms with Crippen molar-refractivity contribution in [2.75, 3.05) is 0 Å². The maximum Gasteiger partial charge on any atom is 0.336 e. The summed E-state index contributed by atoms with van der Waals surface area (Å²) in [5.41, 5.74) is 1.79. The summed E-state index contributed by atoms with van der Waals surface area (Å²) in [4.78, 5) is 12.1. The van der Waals surface area contributed by atoms with E-state index in [1.807, 2.05) is 60.7 Å². The molecule has 0 saturated carbocycles. The van der Waals surface area contributed by atoms with Crippen molar-refractivity contribution in [2.24, 2.45) is 0 Å². The predicted molar refractivity (Wildman–Crippen MR) is 81.6 cm³/mol. The number of aliphatic hydroxyl groups is 1. The van der Waals surface area contributed by atoms with Crippen molar-refractivity contribution in [2.45, 2.75) is 19.1 Å². The number of aliphatic hydroxyl groups excluding tert-OH is 1. The SMILES string of the molecule is C=C(C(=O)OC(c1ccccc1)c1ccccc1)[C@@H](C)O. The third-order valence-electron chi connectivity index (χ3n) is 3.20. The van der Waals surface area contributed by atoms with Gasteiger partial charge in [-0.2, -0.15) is 0 Å². The summed E-state index contributed by atoms with van der Waals surface area (Å²) in [6.07, 6.45) is -1.44. The van der Waals surface area contributed by atoms with Crippen LogP contribution >= 0.6 is 0 Å². The molecule has 0 radical (unpaired) electrons. The Morgan fingerprint density at radius 1 is 1.00 bits per heavy atom. The van der Waals surface area contributed by atoms with E-state index in [4.69, 9.17) is 4.74 Å². The highest BCUT2D eigenvalue weighted by Crippen LogP contribution is 2.26. The highest BCUT2D eigenvalue weighted by atomic mass is 16.5. The van der Waals surface area contributed by atoms with Crippen molar-refractivity contribution in [3.8, 4) is 0 Å². The molecule has 0 spiro atoms. The number of ether oxygens (including phenoxy) is 1. The summed E-state index contributed by atoms with van der Waals surface area (Å²) in [6.45, 7) is 5.06. The first-order valence-corrected chi connectivity index (χ1v) is 6.77. The Bertz CT molecular complexity index is 563. The first kappa shape index (κ1) is 15.0. The number of hydrogen-bond acceptors (Lipinski definition) is 3. The van der Waals surface area contributed by atoms with Crippen LogP contribution in [0, 0.1) is 0 Å². The van der Waals surface area contributed by atoms with E-state index >= 15 is 0 Å². The average Bonchev–Trinajstić information content (AvgIpc) is 2.53. The number of hydrogen-bond donors (Lipinski definition) is 1. The molecule has 108 valence electrons. The standard InChI is InChI=1S/C18H18O3/c1-13(14(2)19)18(20)21-17(15-9-5-3-6-10-15)16-11-7-4-8-12-16/h3-12,14,17,19H,1H2,2H3/t14-/m1/s1. The molecular weight excluding hydrogens is 264 g/mol. The number of rotatable bonds is 5. The van der Waals surface area contributed by atoms with Gasteiger partial charge < -0.3 is 9.84 Å². The lowest BCUT2D eigenvalue weighted by Crippen LogP contribution is -2.19. The molecule has 0 fully saturated rings. The quantitative estimate of drug-likeness (QED) is 0.676. The first-order valence-electron chi connectivity index (χ1n) is 6.77. The topological polar surface area (TPSA) is 46.5 Å². The number of carbonyl (C=O) groups excluding carboxylic acids is 1. The summed E-state index contributed by atoms with van der Waals surface area (Å²) < 4.78 is 5.55. The van der Waals surface area contributed by atoms with Crippen molar-refractivity contribution in [1.29, 1.82) is 0 Å². The van der Waals surface area contributed by atoms with Crippen LogP contribution in [0.15, 0.2) is 72.8 Å². The molecule has 2 aromatic rings. The fourth-order valence-electron chi connectivity index (χ4n) is 1.94. The van der Waals surface area contributed by atoms with Gasteiger partial charge in [-0.25, -0.2) is 4.79 Å². The van der Waals surface area contributed by atoms with E-state index in [1.165, 1.54) is 6.92 Å². The second kappa shape index (κ2) is 6.86. The highest BCUT2D eigenvalue weighted by molar-refractivity contribution is 5.89. The number of esters is 1. The van der Waals surface area contributed by atoms with Crippen LogP contribution in [-0.4, -0.2) is 17.2 Å². The van der Waals surface area contributed by atoms with Crippen LogP contribution in [0.2, 0.25) is 0 Å². The molecule has 1 atom stereocenters. The molecule has 0 bridgehead atoms. The van der Waals surface area contributed by atoms with Gasteiger partial charge in [-0.3, -0.25) is 0 Å². The molecular formula is C18H18O3.